The molecule has 1 N–H and O–H groups in total. The minimum atomic E-state index is -1.39. The highest BCUT2D eigenvalue weighted by molar-refractivity contribution is 5.90. The maximum atomic E-state index is 13.0. The molecule has 0 aromatic carbocycles. The summed E-state index contributed by atoms with van der Waals surface area (Å²) in [6.07, 6.45) is 8.51. The second-order valence-corrected chi connectivity index (χ2v) is 11.2. The highest BCUT2D eigenvalue weighted by atomic mass is 16.7. The zero-order chi connectivity index (χ0) is 22.7. The van der Waals surface area contributed by atoms with E-state index in [1.165, 1.54) is 6.92 Å². The van der Waals surface area contributed by atoms with Gasteiger partial charge in [0, 0.05) is 39.4 Å². The molecule has 4 rings (SSSR count). The summed E-state index contributed by atoms with van der Waals surface area (Å²) in [5.41, 5.74) is -1.57. The van der Waals surface area contributed by atoms with Gasteiger partial charge in [-0.05, 0) is 74.0 Å². The Kier molecular flexibility index (Phi) is 5.84. The maximum absolute atomic E-state index is 13.0. The number of methoxy groups -OCH3 is 2. The van der Waals surface area contributed by atoms with Gasteiger partial charge in [0.05, 0.1) is 0 Å². The summed E-state index contributed by atoms with van der Waals surface area (Å²) in [6, 6.07) is 0. The smallest absolute Gasteiger partial charge is 0.303 e. The van der Waals surface area contributed by atoms with Crippen molar-refractivity contribution in [2.24, 2.45) is 34.5 Å². The predicted octanol–water partition coefficient (Wildman–Crippen LogP) is 3.88. The number of carbonyl (C=O) groups is 2. The predicted molar refractivity (Wildman–Crippen MR) is 115 cm³/mol. The van der Waals surface area contributed by atoms with Crippen LogP contribution in [-0.2, 0) is 23.8 Å². The fourth-order valence-electron chi connectivity index (χ4n) is 8.41. The minimum absolute atomic E-state index is 0.257. The number of ketones is 1. The van der Waals surface area contributed by atoms with Gasteiger partial charge < -0.3 is 19.3 Å². The minimum Gasteiger partial charge on any atom is -0.458 e. The third kappa shape index (κ3) is 3.31. The number of aliphatic hydroxyl groups is 1. The Hall–Kier alpha value is -0.980. The lowest BCUT2D eigenvalue weighted by Crippen LogP contribution is -2.60. The van der Waals surface area contributed by atoms with E-state index in [2.05, 4.69) is 13.8 Å². The van der Waals surface area contributed by atoms with Crippen molar-refractivity contribution in [2.75, 3.05) is 20.8 Å². The van der Waals surface area contributed by atoms with E-state index in [9.17, 15) is 14.7 Å². The summed E-state index contributed by atoms with van der Waals surface area (Å²) in [7, 11) is 3.52. The number of carbonyl (C=O) groups excluding carboxylic acids is 2. The van der Waals surface area contributed by atoms with Gasteiger partial charge in [-0.15, -0.1) is 0 Å². The number of hydrogen-bond donors (Lipinski definition) is 1. The van der Waals surface area contributed by atoms with E-state index >= 15 is 0 Å². The van der Waals surface area contributed by atoms with E-state index in [1.54, 1.807) is 14.2 Å². The molecule has 0 bridgehead atoms. The van der Waals surface area contributed by atoms with E-state index in [1.807, 2.05) is 0 Å². The molecule has 0 aromatic heterocycles. The van der Waals surface area contributed by atoms with Crippen molar-refractivity contribution in [3.8, 4) is 0 Å². The van der Waals surface area contributed by atoms with Crippen LogP contribution < -0.4 is 0 Å². The van der Waals surface area contributed by atoms with Crippen molar-refractivity contribution >= 4 is 11.8 Å². The first kappa shape index (κ1) is 23.2. The monoisotopic (exact) mass is 436 g/mol. The van der Waals surface area contributed by atoms with Crippen molar-refractivity contribution in [1.29, 1.82) is 0 Å². The van der Waals surface area contributed by atoms with Crippen LogP contribution in [0.2, 0.25) is 0 Å². The number of Topliss-reactive ketones (excluding diaryl/α,β-unsaturated/α-hetero) is 1. The normalized spacial score (nSPS) is 45.9. The van der Waals surface area contributed by atoms with Gasteiger partial charge in [-0.3, -0.25) is 9.59 Å². The van der Waals surface area contributed by atoms with Crippen LogP contribution in [0.4, 0.5) is 0 Å². The Balaban J connectivity index is 1.55. The standard InChI is InChI=1S/C25H40O6/c1-16(26)31-15-21(27)25(28)11-9-20-18-7-6-17-14-24(29-4,30-5)13-12-22(17,2)19(18)8-10-23(20,25)3/h17-20,28H,6-15H2,1-5H3/t17-,18-,19+,20+,22+,23+,25+/m1/s1. The Morgan fingerprint density at radius 1 is 0.935 bits per heavy atom. The summed E-state index contributed by atoms with van der Waals surface area (Å²) < 4.78 is 16.6. The Bertz CT molecular complexity index is 732. The fourth-order valence-corrected chi connectivity index (χ4v) is 8.41. The lowest BCUT2D eigenvalue weighted by molar-refractivity contribution is -0.262. The van der Waals surface area contributed by atoms with Crippen molar-refractivity contribution < 1.29 is 28.9 Å². The number of esters is 1. The summed E-state index contributed by atoms with van der Waals surface area (Å²) in [5, 5.41) is 11.6. The van der Waals surface area contributed by atoms with E-state index < -0.39 is 22.8 Å². The van der Waals surface area contributed by atoms with Gasteiger partial charge in [-0.1, -0.05) is 13.8 Å². The van der Waals surface area contributed by atoms with Crippen LogP contribution in [0.5, 0.6) is 0 Å². The first-order chi connectivity index (χ1) is 14.6. The largest absolute Gasteiger partial charge is 0.458 e. The van der Waals surface area contributed by atoms with Crippen LogP contribution in [0.25, 0.3) is 0 Å². The average molecular weight is 437 g/mol. The second-order valence-electron chi connectivity index (χ2n) is 11.2. The molecule has 4 aliphatic carbocycles. The summed E-state index contributed by atoms with van der Waals surface area (Å²) in [4.78, 5) is 24.2. The van der Waals surface area contributed by atoms with Crippen LogP contribution in [0.3, 0.4) is 0 Å². The molecule has 0 unspecified atom stereocenters. The molecule has 0 amide bonds. The molecule has 0 aromatic rings. The zero-order valence-corrected chi connectivity index (χ0v) is 19.9. The van der Waals surface area contributed by atoms with Crippen LogP contribution in [0.1, 0.15) is 78.6 Å². The van der Waals surface area contributed by atoms with Gasteiger partial charge in [0.25, 0.3) is 0 Å². The van der Waals surface area contributed by atoms with Crippen LogP contribution >= 0.6 is 0 Å². The molecule has 0 heterocycles. The number of hydrogen-bond acceptors (Lipinski definition) is 6. The van der Waals surface area contributed by atoms with Crippen molar-refractivity contribution in [2.45, 2.75) is 89.9 Å². The van der Waals surface area contributed by atoms with E-state index in [4.69, 9.17) is 14.2 Å². The van der Waals surface area contributed by atoms with Crippen LogP contribution in [0.15, 0.2) is 0 Å². The lowest BCUT2D eigenvalue weighted by atomic mass is 9.44. The Labute approximate surface area is 186 Å². The highest BCUT2D eigenvalue weighted by Crippen LogP contribution is 2.69. The summed E-state index contributed by atoms with van der Waals surface area (Å²) in [5.74, 6) is 0.817. The van der Waals surface area contributed by atoms with Gasteiger partial charge >= 0.3 is 5.97 Å². The molecule has 0 radical (unpaired) electrons. The Morgan fingerprint density at radius 2 is 1.61 bits per heavy atom. The molecular formula is C25H40O6. The first-order valence-corrected chi connectivity index (χ1v) is 12.0. The first-order valence-electron chi connectivity index (χ1n) is 12.0. The highest BCUT2D eigenvalue weighted by Gasteiger charge is 2.67. The van der Waals surface area contributed by atoms with Crippen molar-refractivity contribution in [1.82, 2.24) is 0 Å². The molecular weight excluding hydrogens is 396 g/mol. The third-order valence-corrected chi connectivity index (χ3v) is 10.4. The lowest BCUT2D eigenvalue weighted by Gasteiger charge is -2.62. The molecule has 176 valence electrons. The van der Waals surface area contributed by atoms with E-state index in [0.717, 1.165) is 51.4 Å². The molecule has 7 atom stereocenters. The fraction of sp³-hybridized carbons (Fsp3) is 0.920. The maximum Gasteiger partial charge on any atom is 0.303 e. The van der Waals surface area contributed by atoms with E-state index in [-0.39, 0.29) is 17.8 Å². The number of rotatable bonds is 5. The zero-order valence-electron chi connectivity index (χ0n) is 19.9. The molecule has 4 fully saturated rings. The van der Waals surface area contributed by atoms with Crippen molar-refractivity contribution in [3.63, 3.8) is 0 Å². The number of fused-ring (bicyclic) bond motifs is 5. The molecule has 4 saturated carbocycles. The molecule has 31 heavy (non-hydrogen) atoms. The number of ether oxygens (including phenoxy) is 3. The van der Waals surface area contributed by atoms with Crippen molar-refractivity contribution in [3.05, 3.63) is 0 Å². The van der Waals surface area contributed by atoms with Gasteiger partial charge in [-0.25, -0.2) is 0 Å². The molecule has 0 spiro atoms. The van der Waals surface area contributed by atoms with Gasteiger partial charge in [0.15, 0.2) is 12.4 Å². The van der Waals surface area contributed by atoms with Crippen LogP contribution in [-0.4, -0.2) is 49.1 Å². The molecule has 6 heteroatoms. The van der Waals surface area contributed by atoms with Crippen LogP contribution in [0, 0.1) is 34.5 Å². The van der Waals surface area contributed by atoms with Gasteiger partial charge in [0.2, 0.25) is 5.78 Å². The van der Waals surface area contributed by atoms with Gasteiger partial charge in [0.1, 0.15) is 5.60 Å². The van der Waals surface area contributed by atoms with E-state index in [0.29, 0.717) is 30.1 Å². The molecule has 4 aliphatic rings. The molecule has 6 nitrogen and oxygen atoms in total. The summed E-state index contributed by atoms with van der Waals surface area (Å²) in [6.45, 7) is 5.56. The average Bonchev–Trinajstić information content (AvgIpc) is 3.03. The molecule has 0 saturated heterocycles. The summed E-state index contributed by atoms with van der Waals surface area (Å²) >= 11 is 0. The Morgan fingerprint density at radius 3 is 2.26 bits per heavy atom. The SMILES string of the molecule is COC1(OC)CC[C@@]2(C)[C@H](CC[C@@H]3[C@@H]2CC[C@@]2(C)[C@H]3CC[C@]2(O)C(=O)COC(C)=O)C1. The third-order valence-electron chi connectivity index (χ3n) is 10.4. The second kappa shape index (κ2) is 7.81. The van der Waals surface area contributed by atoms with Gasteiger partial charge in [-0.2, -0.15) is 0 Å². The topological polar surface area (TPSA) is 82.1 Å². The quantitative estimate of drug-likeness (QED) is 0.520. The molecule has 0 aliphatic heterocycles.